The van der Waals surface area contributed by atoms with Gasteiger partial charge in [-0.2, -0.15) is 0 Å². The molecule has 0 bridgehead atoms. The van der Waals surface area contributed by atoms with Crippen molar-refractivity contribution in [2.45, 2.75) is 0 Å². The second kappa shape index (κ2) is 8.95. The number of ether oxygens (including phenoxy) is 2. The number of rotatable bonds is 7. The van der Waals surface area contributed by atoms with Gasteiger partial charge in [-0.05, 0) is 23.8 Å². The Bertz CT molecular complexity index is 942. The van der Waals surface area contributed by atoms with Crippen LogP contribution in [-0.4, -0.2) is 33.7 Å². The van der Waals surface area contributed by atoms with Gasteiger partial charge in [0.2, 0.25) is 5.91 Å². The summed E-state index contributed by atoms with van der Waals surface area (Å²) >= 11 is 0. The van der Waals surface area contributed by atoms with Crippen molar-refractivity contribution in [1.82, 2.24) is 0 Å². The average molecular weight is 376 g/mol. The Morgan fingerprint density at radius 3 is 2.29 bits per heavy atom. The van der Waals surface area contributed by atoms with E-state index in [1.807, 2.05) is 84.7 Å². The Hall–Kier alpha value is -3.47. The Kier molecular flexibility index (Phi) is 6.17. The van der Waals surface area contributed by atoms with Crippen molar-refractivity contribution < 1.29 is 14.3 Å². The van der Waals surface area contributed by atoms with E-state index in [1.165, 1.54) is 0 Å². The summed E-state index contributed by atoms with van der Waals surface area (Å²) in [4.78, 5) is 14.5. The fraction of sp³-hybridized carbons (Fsp3) is 0.174. The Morgan fingerprint density at radius 1 is 0.893 bits per heavy atom. The molecule has 0 saturated heterocycles. The van der Waals surface area contributed by atoms with Crippen LogP contribution in [0.1, 0.15) is 0 Å². The predicted octanol–water partition coefficient (Wildman–Crippen LogP) is 4.45. The monoisotopic (exact) mass is 376 g/mol. The maximum atomic E-state index is 12.6. The fourth-order valence-electron chi connectivity index (χ4n) is 3.02. The van der Waals surface area contributed by atoms with Crippen LogP contribution in [0.4, 0.5) is 11.4 Å². The molecule has 0 unspecified atom stereocenters. The molecular weight excluding hydrogens is 352 g/mol. The quantitative estimate of drug-likeness (QED) is 0.662. The highest BCUT2D eigenvalue weighted by Gasteiger charge is 2.13. The molecule has 0 heterocycles. The molecule has 0 radical (unpaired) electrons. The minimum Gasteiger partial charge on any atom is -0.493 e. The van der Waals surface area contributed by atoms with E-state index in [2.05, 4.69) is 5.32 Å². The molecule has 0 aliphatic heterocycles. The molecule has 1 N–H and O–H groups in total. The Morgan fingerprint density at radius 2 is 1.57 bits per heavy atom. The third-order valence-corrected chi connectivity index (χ3v) is 4.47. The highest BCUT2D eigenvalue weighted by atomic mass is 16.5. The minimum absolute atomic E-state index is 0.0966. The third kappa shape index (κ3) is 4.43. The van der Waals surface area contributed by atoms with Crippen LogP contribution in [0.25, 0.3) is 11.1 Å². The predicted molar refractivity (Wildman–Crippen MR) is 113 cm³/mol. The molecule has 0 atom stereocenters. The van der Waals surface area contributed by atoms with Gasteiger partial charge in [0, 0.05) is 30.1 Å². The molecular formula is C23H24N2O3. The minimum atomic E-state index is -0.0966. The van der Waals surface area contributed by atoms with Crippen molar-refractivity contribution in [3.8, 4) is 22.6 Å². The fourth-order valence-corrected chi connectivity index (χ4v) is 3.02. The average Bonchev–Trinajstić information content (AvgIpc) is 2.74. The summed E-state index contributed by atoms with van der Waals surface area (Å²) in [6.45, 7) is 0.207. The molecule has 0 aliphatic rings. The van der Waals surface area contributed by atoms with Crippen LogP contribution in [0.15, 0.2) is 72.8 Å². The summed E-state index contributed by atoms with van der Waals surface area (Å²) in [6, 6.07) is 23.4. The van der Waals surface area contributed by atoms with Crippen LogP contribution >= 0.6 is 0 Å². The van der Waals surface area contributed by atoms with Crippen molar-refractivity contribution in [2.75, 3.05) is 38.0 Å². The number of benzene rings is 3. The van der Waals surface area contributed by atoms with E-state index in [-0.39, 0.29) is 12.5 Å². The molecule has 0 fully saturated rings. The highest BCUT2D eigenvalue weighted by Crippen LogP contribution is 2.31. The third-order valence-electron chi connectivity index (χ3n) is 4.47. The topological polar surface area (TPSA) is 50.8 Å². The lowest BCUT2D eigenvalue weighted by Gasteiger charge is -2.21. The van der Waals surface area contributed by atoms with Crippen LogP contribution in [0.5, 0.6) is 11.5 Å². The SMILES string of the molecule is COc1ccc(N(C)CC(=O)Nc2ccccc2-c2ccccc2)cc1OC. The summed E-state index contributed by atoms with van der Waals surface area (Å²) in [7, 11) is 5.05. The first kappa shape index (κ1) is 19.3. The second-order valence-corrected chi connectivity index (χ2v) is 6.36. The van der Waals surface area contributed by atoms with Gasteiger partial charge in [0.05, 0.1) is 20.8 Å². The first-order valence-electron chi connectivity index (χ1n) is 9.00. The molecule has 3 aromatic rings. The molecule has 144 valence electrons. The van der Waals surface area contributed by atoms with Crippen LogP contribution in [0.2, 0.25) is 0 Å². The van der Waals surface area contributed by atoms with Gasteiger partial charge >= 0.3 is 0 Å². The zero-order chi connectivity index (χ0) is 19.9. The number of nitrogens with one attached hydrogen (secondary N) is 1. The zero-order valence-electron chi connectivity index (χ0n) is 16.3. The second-order valence-electron chi connectivity index (χ2n) is 6.36. The summed E-state index contributed by atoms with van der Waals surface area (Å²) < 4.78 is 10.6. The molecule has 3 rings (SSSR count). The van der Waals surface area contributed by atoms with Gasteiger partial charge in [0.1, 0.15) is 0 Å². The van der Waals surface area contributed by atoms with E-state index in [0.717, 1.165) is 22.5 Å². The van der Waals surface area contributed by atoms with E-state index in [1.54, 1.807) is 14.2 Å². The van der Waals surface area contributed by atoms with Gasteiger partial charge in [0.15, 0.2) is 11.5 Å². The van der Waals surface area contributed by atoms with E-state index in [4.69, 9.17) is 9.47 Å². The lowest BCUT2D eigenvalue weighted by molar-refractivity contribution is -0.114. The van der Waals surface area contributed by atoms with Gasteiger partial charge in [-0.3, -0.25) is 4.79 Å². The number of methoxy groups -OCH3 is 2. The van der Waals surface area contributed by atoms with Crippen LogP contribution < -0.4 is 19.7 Å². The molecule has 0 aromatic heterocycles. The van der Waals surface area contributed by atoms with Crippen LogP contribution in [-0.2, 0) is 4.79 Å². The maximum Gasteiger partial charge on any atom is 0.243 e. The van der Waals surface area contributed by atoms with Crippen molar-refractivity contribution in [3.63, 3.8) is 0 Å². The molecule has 5 heteroatoms. The summed E-state index contributed by atoms with van der Waals surface area (Å²) in [5, 5.41) is 3.02. The first-order chi connectivity index (χ1) is 13.6. The van der Waals surface area contributed by atoms with E-state index >= 15 is 0 Å². The molecule has 0 saturated carbocycles. The largest absolute Gasteiger partial charge is 0.493 e. The summed E-state index contributed by atoms with van der Waals surface area (Å²) in [5.74, 6) is 1.18. The Balaban J connectivity index is 1.73. The van der Waals surface area contributed by atoms with Gasteiger partial charge in [-0.15, -0.1) is 0 Å². The molecule has 0 aliphatic carbocycles. The highest BCUT2D eigenvalue weighted by molar-refractivity contribution is 5.97. The van der Waals surface area contributed by atoms with Crippen molar-refractivity contribution >= 4 is 17.3 Å². The molecule has 1 amide bonds. The number of anilines is 2. The lowest BCUT2D eigenvalue weighted by Crippen LogP contribution is -2.30. The van der Waals surface area contributed by atoms with E-state index in [9.17, 15) is 4.79 Å². The van der Waals surface area contributed by atoms with Gasteiger partial charge < -0.3 is 19.7 Å². The van der Waals surface area contributed by atoms with Gasteiger partial charge in [-0.1, -0.05) is 48.5 Å². The van der Waals surface area contributed by atoms with Crippen molar-refractivity contribution in [1.29, 1.82) is 0 Å². The number of amides is 1. The van der Waals surface area contributed by atoms with Crippen molar-refractivity contribution in [3.05, 3.63) is 72.8 Å². The first-order valence-corrected chi connectivity index (χ1v) is 9.00. The molecule has 3 aromatic carbocycles. The molecule has 5 nitrogen and oxygen atoms in total. The van der Waals surface area contributed by atoms with Crippen LogP contribution in [0, 0.1) is 0 Å². The maximum absolute atomic E-state index is 12.6. The number of likely N-dealkylation sites (N-methyl/N-ethyl adjacent to an activating group) is 1. The lowest BCUT2D eigenvalue weighted by atomic mass is 10.0. The molecule has 28 heavy (non-hydrogen) atoms. The number of carbonyl (C=O) groups is 1. The Labute approximate surface area is 165 Å². The standard InChI is InChI=1S/C23H24N2O3/c1-25(18-13-14-21(27-2)22(15-18)28-3)16-23(26)24-20-12-8-7-11-19(20)17-9-5-4-6-10-17/h4-15H,16H2,1-3H3,(H,24,26). The van der Waals surface area contributed by atoms with Crippen LogP contribution in [0.3, 0.4) is 0 Å². The van der Waals surface area contributed by atoms with Gasteiger partial charge in [0.25, 0.3) is 0 Å². The zero-order valence-corrected chi connectivity index (χ0v) is 16.3. The number of carbonyl (C=O) groups excluding carboxylic acids is 1. The number of hydrogen-bond donors (Lipinski definition) is 1. The number of nitrogens with zero attached hydrogens (tertiary/aromatic N) is 1. The smallest absolute Gasteiger partial charge is 0.243 e. The number of hydrogen-bond acceptors (Lipinski definition) is 4. The molecule has 0 spiro atoms. The van der Waals surface area contributed by atoms with Gasteiger partial charge in [-0.25, -0.2) is 0 Å². The van der Waals surface area contributed by atoms with E-state index in [0.29, 0.717) is 11.5 Å². The normalized spacial score (nSPS) is 10.2. The number of para-hydroxylation sites is 1. The van der Waals surface area contributed by atoms with E-state index < -0.39 is 0 Å². The van der Waals surface area contributed by atoms with Crippen molar-refractivity contribution in [2.24, 2.45) is 0 Å². The summed E-state index contributed by atoms with van der Waals surface area (Å²) in [5.41, 5.74) is 3.71. The summed E-state index contributed by atoms with van der Waals surface area (Å²) in [6.07, 6.45) is 0.